The monoisotopic (exact) mass is 209 g/mol. The number of hydrogen-bond donors (Lipinski definition) is 1. The Balaban J connectivity index is 2.29. The van der Waals surface area contributed by atoms with Gasteiger partial charge in [0.15, 0.2) is 0 Å². The Kier molecular flexibility index (Phi) is 3.06. The Labute approximate surface area is 96.2 Å². The highest BCUT2D eigenvalue weighted by molar-refractivity contribution is 5.76. The van der Waals surface area contributed by atoms with Crippen LogP contribution in [-0.2, 0) is 0 Å². The highest BCUT2D eigenvalue weighted by Crippen LogP contribution is 2.16. The molecule has 80 valence electrons. The first-order valence-corrected chi connectivity index (χ1v) is 5.35. The highest BCUT2D eigenvalue weighted by Gasteiger charge is 1.94. The van der Waals surface area contributed by atoms with Crippen LogP contribution in [-0.4, -0.2) is 0 Å². The van der Waals surface area contributed by atoms with Crippen LogP contribution < -0.4 is 5.73 Å². The number of para-hydroxylation sites is 1. The van der Waals surface area contributed by atoms with Gasteiger partial charge in [-0.3, -0.25) is 0 Å². The second kappa shape index (κ2) is 4.67. The molecule has 0 bridgehead atoms. The molecule has 0 heterocycles. The fourth-order valence-electron chi connectivity index (χ4n) is 1.62. The first kappa shape index (κ1) is 10.5. The van der Waals surface area contributed by atoms with Crippen LogP contribution >= 0.6 is 0 Å². The van der Waals surface area contributed by atoms with E-state index in [1.54, 1.807) is 0 Å². The van der Waals surface area contributed by atoms with E-state index in [4.69, 9.17) is 5.73 Å². The number of benzene rings is 2. The summed E-state index contributed by atoms with van der Waals surface area (Å²) < 4.78 is 0. The summed E-state index contributed by atoms with van der Waals surface area (Å²) in [5, 5.41) is 0. The van der Waals surface area contributed by atoms with Crippen LogP contribution in [0.5, 0.6) is 0 Å². The van der Waals surface area contributed by atoms with Gasteiger partial charge in [-0.05, 0) is 29.7 Å². The van der Waals surface area contributed by atoms with E-state index >= 15 is 0 Å². The van der Waals surface area contributed by atoms with E-state index in [0.717, 1.165) is 11.3 Å². The fourth-order valence-corrected chi connectivity index (χ4v) is 1.62. The van der Waals surface area contributed by atoms with E-state index < -0.39 is 0 Å². The molecule has 0 spiro atoms. The Morgan fingerprint density at radius 3 is 2.06 bits per heavy atom. The summed E-state index contributed by atoms with van der Waals surface area (Å²) in [6.45, 7) is 2.11. The van der Waals surface area contributed by atoms with E-state index in [2.05, 4.69) is 31.2 Å². The Hall–Kier alpha value is -2.02. The molecule has 0 saturated heterocycles. The smallest absolute Gasteiger partial charge is 0.0387 e. The number of rotatable bonds is 2. The lowest BCUT2D eigenvalue weighted by Crippen LogP contribution is -1.87. The normalized spacial score (nSPS) is 10.8. The first-order valence-electron chi connectivity index (χ1n) is 5.35. The van der Waals surface area contributed by atoms with Crippen molar-refractivity contribution in [1.29, 1.82) is 0 Å². The lowest BCUT2D eigenvalue weighted by molar-refractivity contribution is 1.45. The second-order valence-corrected chi connectivity index (χ2v) is 3.82. The molecule has 0 saturated carbocycles. The van der Waals surface area contributed by atoms with Gasteiger partial charge in [0.2, 0.25) is 0 Å². The quantitative estimate of drug-likeness (QED) is 0.591. The van der Waals surface area contributed by atoms with Crippen LogP contribution in [0, 0.1) is 6.92 Å². The molecule has 0 radical (unpaired) electrons. The first-order chi connectivity index (χ1) is 7.77. The summed E-state index contributed by atoms with van der Waals surface area (Å²) in [4.78, 5) is 0. The maximum Gasteiger partial charge on any atom is 0.0387 e. The van der Waals surface area contributed by atoms with Crippen LogP contribution in [0.3, 0.4) is 0 Å². The zero-order valence-electron chi connectivity index (χ0n) is 9.35. The summed E-state index contributed by atoms with van der Waals surface area (Å²) in [6.07, 6.45) is 4.15. The topological polar surface area (TPSA) is 26.0 Å². The number of nitrogen functional groups attached to an aromatic ring is 1. The summed E-state index contributed by atoms with van der Waals surface area (Å²) in [7, 11) is 0. The van der Waals surface area contributed by atoms with E-state index in [9.17, 15) is 0 Å². The molecule has 0 aliphatic heterocycles. The van der Waals surface area contributed by atoms with Crippen molar-refractivity contribution < 1.29 is 0 Å². The van der Waals surface area contributed by atoms with Crippen molar-refractivity contribution in [2.45, 2.75) is 6.92 Å². The van der Waals surface area contributed by atoms with Crippen LogP contribution in [0.25, 0.3) is 12.2 Å². The molecular formula is C15H15N. The molecule has 0 aliphatic rings. The van der Waals surface area contributed by atoms with Crippen LogP contribution in [0.15, 0.2) is 48.5 Å². The molecule has 16 heavy (non-hydrogen) atoms. The summed E-state index contributed by atoms with van der Waals surface area (Å²) in [5.41, 5.74) is 10.2. The molecule has 0 fully saturated rings. The second-order valence-electron chi connectivity index (χ2n) is 3.82. The maximum absolute atomic E-state index is 5.87. The average molecular weight is 209 g/mol. The van der Waals surface area contributed by atoms with Crippen molar-refractivity contribution in [3.8, 4) is 0 Å². The Morgan fingerprint density at radius 1 is 0.812 bits per heavy atom. The predicted octanol–water partition coefficient (Wildman–Crippen LogP) is 3.75. The number of hydrogen-bond acceptors (Lipinski definition) is 1. The molecule has 0 aromatic heterocycles. The molecule has 0 unspecified atom stereocenters. The average Bonchev–Trinajstić information content (AvgIpc) is 2.30. The SMILES string of the molecule is Cc1ccccc1/C=C/c1ccccc1N. The van der Waals surface area contributed by atoms with Gasteiger partial charge in [-0.2, -0.15) is 0 Å². The van der Waals surface area contributed by atoms with Gasteiger partial charge in [-0.15, -0.1) is 0 Å². The van der Waals surface area contributed by atoms with E-state index in [1.165, 1.54) is 11.1 Å². The van der Waals surface area contributed by atoms with Crippen molar-refractivity contribution in [2.75, 3.05) is 5.73 Å². The van der Waals surface area contributed by atoms with Gasteiger partial charge in [0.1, 0.15) is 0 Å². The molecule has 1 nitrogen and oxygen atoms in total. The summed E-state index contributed by atoms with van der Waals surface area (Å²) in [6, 6.07) is 16.2. The van der Waals surface area contributed by atoms with Gasteiger partial charge in [0.25, 0.3) is 0 Å². The van der Waals surface area contributed by atoms with E-state index in [-0.39, 0.29) is 0 Å². The number of nitrogens with two attached hydrogens (primary N) is 1. The molecule has 2 aromatic rings. The Bertz CT molecular complexity index is 465. The molecular weight excluding hydrogens is 194 g/mol. The molecule has 0 amide bonds. The van der Waals surface area contributed by atoms with E-state index in [1.807, 2.05) is 36.4 Å². The summed E-state index contributed by atoms with van der Waals surface area (Å²) >= 11 is 0. The zero-order chi connectivity index (χ0) is 11.4. The van der Waals surface area contributed by atoms with E-state index in [0.29, 0.717) is 0 Å². The standard InChI is InChI=1S/C15H15N/c1-12-6-2-3-7-13(12)10-11-14-8-4-5-9-15(14)16/h2-11H,16H2,1H3/b11-10+. The molecule has 0 aliphatic carbocycles. The molecule has 2 aromatic carbocycles. The van der Waals surface area contributed by atoms with Gasteiger partial charge in [-0.1, -0.05) is 54.6 Å². The summed E-state index contributed by atoms with van der Waals surface area (Å²) in [5.74, 6) is 0. The van der Waals surface area contributed by atoms with Gasteiger partial charge < -0.3 is 5.73 Å². The lowest BCUT2D eigenvalue weighted by Gasteiger charge is -2.00. The minimum absolute atomic E-state index is 0.812. The third kappa shape index (κ3) is 2.31. The minimum atomic E-state index is 0.812. The minimum Gasteiger partial charge on any atom is -0.398 e. The fraction of sp³-hybridized carbons (Fsp3) is 0.0667. The van der Waals surface area contributed by atoms with Crippen molar-refractivity contribution in [2.24, 2.45) is 0 Å². The van der Waals surface area contributed by atoms with Crippen LogP contribution in [0.4, 0.5) is 5.69 Å². The number of aryl methyl sites for hydroxylation is 1. The molecule has 1 heteroatoms. The Morgan fingerprint density at radius 2 is 1.38 bits per heavy atom. The predicted molar refractivity (Wildman–Crippen MR) is 71.0 cm³/mol. The van der Waals surface area contributed by atoms with Gasteiger partial charge >= 0.3 is 0 Å². The molecule has 2 N–H and O–H groups in total. The highest BCUT2D eigenvalue weighted by atomic mass is 14.5. The molecule has 0 atom stereocenters. The van der Waals surface area contributed by atoms with Gasteiger partial charge in [0.05, 0.1) is 0 Å². The van der Waals surface area contributed by atoms with Crippen LogP contribution in [0.1, 0.15) is 16.7 Å². The van der Waals surface area contributed by atoms with Gasteiger partial charge in [0, 0.05) is 5.69 Å². The van der Waals surface area contributed by atoms with Crippen molar-refractivity contribution in [3.63, 3.8) is 0 Å². The number of anilines is 1. The third-order valence-electron chi connectivity index (χ3n) is 2.63. The maximum atomic E-state index is 5.87. The lowest BCUT2D eigenvalue weighted by atomic mass is 10.1. The van der Waals surface area contributed by atoms with Crippen LogP contribution in [0.2, 0.25) is 0 Å². The third-order valence-corrected chi connectivity index (χ3v) is 2.63. The van der Waals surface area contributed by atoms with Crippen molar-refractivity contribution in [3.05, 3.63) is 65.2 Å². The molecule has 2 rings (SSSR count). The largest absolute Gasteiger partial charge is 0.398 e. The van der Waals surface area contributed by atoms with Crippen molar-refractivity contribution >= 4 is 17.8 Å². The zero-order valence-corrected chi connectivity index (χ0v) is 9.35. The van der Waals surface area contributed by atoms with Crippen molar-refractivity contribution in [1.82, 2.24) is 0 Å². The van der Waals surface area contributed by atoms with Gasteiger partial charge in [-0.25, -0.2) is 0 Å².